The Bertz CT molecular complexity index is 634. The lowest BCUT2D eigenvalue weighted by Crippen LogP contribution is -2.37. The highest BCUT2D eigenvalue weighted by Crippen LogP contribution is 2.30. The second kappa shape index (κ2) is 5.19. The van der Waals surface area contributed by atoms with E-state index < -0.39 is 0 Å². The Kier molecular flexibility index (Phi) is 3.56. The molecule has 1 aliphatic rings. The van der Waals surface area contributed by atoms with Crippen molar-refractivity contribution < 1.29 is 9.13 Å². The summed E-state index contributed by atoms with van der Waals surface area (Å²) in [5.41, 5.74) is 0.614. The molecule has 0 atom stereocenters. The van der Waals surface area contributed by atoms with Gasteiger partial charge in [-0.1, -0.05) is 11.6 Å². The molecule has 0 unspecified atom stereocenters. The molecule has 100 valence electrons. The van der Waals surface area contributed by atoms with Crippen molar-refractivity contribution in [3.8, 4) is 0 Å². The number of morpholine rings is 1. The minimum absolute atomic E-state index is 0.256. The highest BCUT2D eigenvalue weighted by molar-refractivity contribution is 9.10. The summed E-state index contributed by atoms with van der Waals surface area (Å²) in [4.78, 5) is 10.7. The van der Waals surface area contributed by atoms with Gasteiger partial charge in [0, 0.05) is 22.9 Å². The van der Waals surface area contributed by atoms with Gasteiger partial charge < -0.3 is 9.64 Å². The molecule has 4 nitrogen and oxygen atoms in total. The SMILES string of the molecule is Fc1cc(Br)c2nc(N3CCOCC3)nc(Cl)c2c1. The van der Waals surface area contributed by atoms with Crippen LogP contribution < -0.4 is 4.90 Å². The van der Waals surface area contributed by atoms with Gasteiger partial charge in [0.1, 0.15) is 11.0 Å². The van der Waals surface area contributed by atoms with Crippen LogP contribution in [0.2, 0.25) is 5.15 Å². The van der Waals surface area contributed by atoms with Gasteiger partial charge >= 0.3 is 0 Å². The fraction of sp³-hybridized carbons (Fsp3) is 0.333. The summed E-state index contributed by atoms with van der Waals surface area (Å²) < 4.78 is 19.2. The van der Waals surface area contributed by atoms with Crippen LogP contribution in [0.15, 0.2) is 16.6 Å². The van der Waals surface area contributed by atoms with Crippen LogP contribution in [-0.2, 0) is 4.74 Å². The zero-order valence-corrected chi connectivity index (χ0v) is 12.2. The van der Waals surface area contributed by atoms with Gasteiger partial charge in [-0.25, -0.2) is 14.4 Å². The Morgan fingerprint density at radius 1 is 1.26 bits per heavy atom. The normalized spacial score (nSPS) is 16.1. The highest BCUT2D eigenvalue weighted by atomic mass is 79.9. The van der Waals surface area contributed by atoms with Gasteiger partial charge in [-0.2, -0.15) is 0 Å². The number of nitrogens with zero attached hydrogens (tertiary/aromatic N) is 3. The van der Waals surface area contributed by atoms with Gasteiger partial charge in [-0.15, -0.1) is 0 Å². The fourth-order valence-electron chi connectivity index (χ4n) is 2.01. The number of benzene rings is 1. The van der Waals surface area contributed by atoms with Gasteiger partial charge in [0.05, 0.1) is 18.7 Å². The van der Waals surface area contributed by atoms with Crippen molar-refractivity contribution in [1.29, 1.82) is 0 Å². The Morgan fingerprint density at radius 3 is 2.74 bits per heavy atom. The topological polar surface area (TPSA) is 38.2 Å². The maximum absolute atomic E-state index is 13.4. The van der Waals surface area contributed by atoms with Gasteiger partial charge in [0.2, 0.25) is 5.95 Å². The van der Waals surface area contributed by atoms with Gasteiger partial charge in [-0.05, 0) is 28.1 Å². The van der Waals surface area contributed by atoms with E-state index in [1.165, 1.54) is 12.1 Å². The molecule has 0 spiro atoms. The minimum atomic E-state index is -0.371. The van der Waals surface area contributed by atoms with Crippen molar-refractivity contribution in [2.75, 3.05) is 31.2 Å². The third-order valence-electron chi connectivity index (χ3n) is 2.95. The van der Waals surface area contributed by atoms with E-state index in [-0.39, 0.29) is 11.0 Å². The predicted octanol–water partition coefficient (Wildman–Crippen LogP) is 3.02. The molecule has 0 bridgehead atoms. The number of hydrogen-bond acceptors (Lipinski definition) is 4. The predicted molar refractivity (Wildman–Crippen MR) is 75.2 cm³/mol. The van der Waals surface area contributed by atoms with E-state index in [0.717, 1.165) is 13.1 Å². The Labute approximate surface area is 122 Å². The molecule has 1 aromatic heterocycles. The lowest BCUT2D eigenvalue weighted by atomic mass is 10.2. The maximum atomic E-state index is 13.4. The molecule has 2 aromatic rings. The fourth-order valence-corrected chi connectivity index (χ4v) is 2.76. The quantitative estimate of drug-likeness (QED) is 0.744. The largest absolute Gasteiger partial charge is 0.378 e. The average molecular weight is 347 g/mol. The van der Waals surface area contributed by atoms with E-state index in [9.17, 15) is 4.39 Å². The first-order valence-corrected chi connectivity index (χ1v) is 6.97. The number of hydrogen-bond donors (Lipinski definition) is 0. The second-order valence-corrected chi connectivity index (χ2v) is 5.41. The smallest absolute Gasteiger partial charge is 0.227 e. The van der Waals surface area contributed by atoms with Gasteiger partial charge in [-0.3, -0.25) is 0 Å². The van der Waals surface area contributed by atoms with Crippen molar-refractivity contribution >= 4 is 44.4 Å². The van der Waals surface area contributed by atoms with E-state index in [1.54, 1.807) is 0 Å². The molecule has 0 saturated carbocycles. The second-order valence-electron chi connectivity index (χ2n) is 4.20. The summed E-state index contributed by atoms with van der Waals surface area (Å²) in [6.45, 7) is 2.73. The summed E-state index contributed by atoms with van der Waals surface area (Å²) in [5, 5.41) is 0.761. The maximum Gasteiger partial charge on any atom is 0.227 e. The summed E-state index contributed by atoms with van der Waals surface area (Å²) in [5.74, 6) is 0.178. The van der Waals surface area contributed by atoms with E-state index in [2.05, 4.69) is 25.9 Å². The third kappa shape index (κ3) is 2.52. The molecule has 19 heavy (non-hydrogen) atoms. The Balaban J connectivity index is 2.13. The summed E-state index contributed by atoms with van der Waals surface area (Å²) in [6.07, 6.45) is 0. The number of halogens is 3. The molecule has 0 N–H and O–H groups in total. The summed E-state index contributed by atoms with van der Waals surface area (Å²) >= 11 is 9.44. The van der Waals surface area contributed by atoms with Crippen LogP contribution in [0, 0.1) is 5.82 Å². The number of aromatic nitrogens is 2. The number of fused-ring (bicyclic) bond motifs is 1. The summed E-state index contributed by atoms with van der Waals surface area (Å²) in [6, 6.07) is 2.71. The monoisotopic (exact) mass is 345 g/mol. The molecule has 3 rings (SSSR count). The molecule has 1 fully saturated rings. The first-order valence-electron chi connectivity index (χ1n) is 5.80. The average Bonchev–Trinajstić information content (AvgIpc) is 2.41. The molecule has 2 heterocycles. The number of rotatable bonds is 1. The van der Waals surface area contributed by atoms with Crippen LogP contribution in [0.3, 0.4) is 0 Å². The molecule has 1 saturated heterocycles. The van der Waals surface area contributed by atoms with E-state index in [4.69, 9.17) is 16.3 Å². The third-order valence-corrected chi connectivity index (χ3v) is 3.85. The Hall–Kier alpha value is -0.980. The van der Waals surface area contributed by atoms with Crippen LogP contribution in [0.1, 0.15) is 0 Å². The van der Waals surface area contributed by atoms with E-state index >= 15 is 0 Å². The lowest BCUT2D eigenvalue weighted by Gasteiger charge is -2.27. The molecule has 7 heteroatoms. The van der Waals surface area contributed by atoms with Gasteiger partial charge in [0.15, 0.2) is 0 Å². The molecule has 0 amide bonds. The molecule has 1 aromatic carbocycles. The molecule has 0 aliphatic carbocycles. The van der Waals surface area contributed by atoms with E-state index in [1.807, 2.05) is 4.90 Å². The molecular formula is C12H10BrClFN3O. The van der Waals surface area contributed by atoms with Crippen LogP contribution in [0.25, 0.3) is 10.9 Å². The van der Waals surface area contributed by atoms with Crippen LogP contribution in [0.5, 0.6) is 0 Å². The first kappa shape index (κ1) is 13.0. The Morgan fingerprint density at radius 2 is 2.00 bits per heavy atom. The van der Waals surface area contributed by atoms with Crippen LogP contribution in [0.4, 0.5) is 10.3 Å². The minimum Gasteiger partial charge on any atom is -0.378 e. The van der Waals surface area contributed by atoms with E-state index in [0.29, 0.717) is 34.5 Å². The van der Waals surface area contributed by atoms with Crippen molar-refractivity contribution in [1.82, 2.24) is 9.97 Å². The highest BCUT2D eigenvalue weighted by Gasteiger charge is 2.17. The van der Waals surface area contributed by atoms with Crippen LogP contribution in [-0.4, -0.2) is 36.3 Å². The lowest BCUT2D eigenvalue weighted by molar-refractivity contribution is 0.122. The van der Waals surface area contributed by atoms with Crippen molar-refractivity contribution in [2.45, 2.75) is 0 Å². The van der Waals surface area contributed by atoms with Crippen LogP contribution >= 0.6 is 27.5 Å². The molecule has 1 aliphatic heterocycles. The molecular weight excluding hydrogens is 337 g/mol. The standard InChI is InChI=1S/C12H10BrClFN3O/c13-9-6-7(15)5-8-10(9)16-12(17-11(8)14)18-1-3-19-4-2-18/h5-6H,1-4H2. The first-order chi connectivity index (χ1) is 9.15. The van der Waals surface area contributed by atoms with Crippen molar-refractivity contribution in [3.05, 3.63) is 27.6 Å². The number of anilines is 1. The van der Waals surface area contributed by atoms with Gasteiger partial charge in [0.25, 0.3) is 0 Å². The summed E-state index contributed by atoms with van der Waals surface area (Å²) in [7, 11) is 0. The van der Waals surface area contributed by atoms with Crippen molar-refractivity contribution in [3.63, 3.8) is 0 Å². The molecule has 0 radical (unpaired) electrons. The zero-order valence-electron chi connectivity index (χ0n) is 9.87. The number of ether oxygens (including phenoxy) is 1. The zero-order chi connectivity index (χ0) is 13.4. The van der Waals surface area contributed by atoms with Crippen molar-refractivity contribution in [2.24, 2.45) is 0 Å².